The van der Waals surface area contributed by atoms with E-state index in [1.807, 2.05) is 48.0 Å². The van der Waals surface area contributed by atoms with Crippen molar-refractivity contribution in [2.24, 2.45) is 5.92 Å². The van der Waals surface area contributed by atoms with Crippen molar-refractivity contribution in [1.29, 1.82) is 0 Å². The third kappa shape index (κ3) is 3.20. The van der Waals surface area contributed by atoms with Crippen LogP contribution in [0.4, 0.5) is 0 Å². The van der Waals surface area contributed by atoms with Gasteiger partial charge in [-0.25, -0.2) is 4.98 Å². The SMILES string of the molecule is C[C@@H]1OCCC[C@H]1C(=O)NCc1nccn1-c1ccccc1. The van der Waals surface area contributed by atoms with Crippen LogP contribution < -0.4 is 5.32 Å². The highest BCUT2D eigenvalue weighted by molar-refractivity contribution is 5.79. The summed E-state index contributed by atoms with van der Waals surface area (Å²) in [6, 6.07) is 9.98. The van der Waals surface area contributed by atoms with E-state index in [2.05, 4.69) is 10.3 Å². The van der Waals surface area contributed by atoms with Crippen molar-refractivity contribution in [2.75, 3.05) is 6.61 Å². The molecule has 1 fully saturated rings. The zero-order chi connectivity index (χ0) is 15.4. The predicted octanol–water partition coefficient (Wildman–Crippen LogP) is 2.30. The topological polar surface area (TPSA) is 56.1 Å². The van der Waals surface area contributed by atoms with Crippen LogP contribution in [0, 0.1) is 5.92 Å². The van der Waals surface area contributed by atoms with Crippen LogP contribution in [-0.2, 0) is 16.1 Å². The fourth-order valence-electron chi connectivity index (χ4n) is 2.85. The lowest BCUT2D eigenvalue weighted by Crippen LogP contribution is -2.40. The van der Waals surface area contributed by atoms with E-state index in [0.29, 0.717) is 6.54 Å². The van der Waals surface area contributed by atoms with Crippen molar-refractivity contribution in [3.63, 3.8) is 0 Å². The zero-order valence-electron chi connectivity index (χ0n) is 12.7. The number of amides is 1. The molecule has 2 heterocycles. The molecule has 0 aliphatic carbocycles. The lowest BCUT2D eigenvalue weighted by atomic mass is 9.94. The number of hydrogen-bond acceptors (Lipinski definition) is 3. The summed E-state index contributed by atoms with van der Waals surface area (Å²) in [5, 5.41) is 2.99. The maximum atomic E-state index is 12.3. The molecule has 1 aliphatic rings. The molecule has 5 heteroatoms. The molecule has 22 heavy (non-hydrogen) atoms. The van der Waals surface area contributed by atoms with Crippen LogP contribution >= 0.6 is 0 Å². The van der Waals surface area contributed by atoms with Crippen molar-refractivity contribution in [3.8, 4) is 5.69 Å². The number of aromatic nitrogens is 2. The highest BCUT2D eigenvalue weighted by atomic mass is 16.5. The number of benzene rings is 1. The summed E-state index contributed by atoms with van der Waals surface area (Å²) in [5.74, 6) is 0.813. The number of carbonyl (C=O) groups excluding carboxylic acids is 1. The first kappa shape index (κ1) is 14.8. The fourth-order valence-corrected chi connectivity index (χ4v) is 2.85. The van der Waals surface area contributed by atoms with Gasteiger partial charge in [-0.2, -0.15) is 0 Å². The Hall–Kier alpha value is -2.14. The number of hydrogen-bond donors (Lipinski definition) is 1. The van der Waals surface area contributed by atoms with Crippen LogP contribution in [-0.4, -0.2) is 28.2 Å². The smallest absolute Gasteiger partial charge is 0.226 e. The van der Waals surface area contributed by atoms with Crippen molar-refractivity contribution in [3.05, 3.63) is 48.5 Å². The fraction of sp³-hybridized carbons (Fsp3) is 0.412. The maximum Gasteiger partial charge on any atom is 0.226 e. The van der Waals surface area contributed by atoms with Gasteiger partial charge >= 0.3 is 0 Å². The van der Waals surface area contributed by atoms with Crippen LogP contribution in [0.25, 0.3) is 5.69 Å². The Morgan fingerprint density at radius 3 is 3.00 bits per heavy atom. The molecule has 0 saturated carbocycles. The molecule has 1 amide bonds. The molecule has 2 atom stereocenters. The lowest BCUT2D eigenvalue weighted by Gasteiger charge is -2.28. The number of rotatable bonds is 4. The molecular formula is C17H21N3O2. The molecule has 0 unspecified atom stereocenters. The minimum atomic E-state index is -0.0612. The molecule has 5 nitrogen and oxygen atoms in total. The molecule has 1 aromatic heterocycles. The van der Waals surface area contributed by atoms with E-state index in [1.165, 1.54) is 0 Å². The summed E-state index contributed by atoms with van der Waals surface area (Å²) in [6.07, 6.45) is 5.48. The highest BCUT2D eigenvalue weighted by Crippen LogP contribution is 2.20. The van der Waals surface area contributed by atoms with Crippen LogP contribution in [0.3, 0.4) is 0 Å². The Balaban J connectivity index is 1.65. The van der Waals surface area contributed by atoms with Gasteiger partial charge in [0.05, 0.1) is 18.6 Å². The van der Waals surface area contributed by atoms with E-state index < -0.39 is 0 Å². The van der Waals surface area contributed by atoms with Crippen LogP contribution in [0.5, 0.6) is 0 Å². The van der Waals surface area contributed by atoms with E-state index in [0.717, 1.165) is 31.0 Å². The van der Waals surface area contributed by atoms with E-state index in [4.69, 9.17) is 4.74 Å². The lowest BCUT2D eigenvalue weighted by molar-refractivity contribution is -0.133. The number of nitrogens with one attached hydrogen (secondary N) is 1. The molecule has 0 bridgehead atoms. The minimum Gasteiger partial charge on any atom is -0.378 e. The summed E-state index contributed by atoms with van der Waals surface area (Å²) in [6.45, 7) is 3.14. The van der Waals surface area contributed by atoms with Gasteiger partial charge in [-0.1, -0.05) is 18.2 Å². The van der Waals surface area contributed by atoms with E-state index >= 15 is 0 Å². The monoisotopic (exact) mass is 299 g/mol. The Bertz CT molecular complexity index is 624. The second-order valence-corrected chi connectivity index (χ2v) is 5.59. The largest absolute Gasteiger partial charge is 0.378 e. The van der Waals surface area contributed by atoms with Gasteiger partial charge in [-0.3, -0.25) is 4.79 Å². The zero-order valence-corrected chi connectivity index (χ0v) is 12.7. The van der Waals surface area contributed by atoms with E-state index in [-0.39, 0.29) is 17.9 Å². The molecular weight excluding hydrogens is 278 g/mol. The summed E-state index contributed by atoms with van der Waals surface area (Å²) < 4.78 is 7.55. The Kier molecular flexibility index (Phi) is 4.53. The molecule has 1 N–H and O–H groups in total. The van der Waals surface area contributed by atoms with Crippen LogP contribution in [0.1, 0.15) is 25.6 Å². The van der Waals surface area contributed by atoms with Gasteiger partial charge in [-0.05, 0) is 31.9 Å². The Labute approximate surface area is 130 Å². The van der Waals surface area contributed by atoms with Crippen molar-refractivity contribution in [2.45, 2.75) is 32.4 Å². The van der Waals surface area contributed by atoms with Gasteiger partial charge in [0.25, 0.3) is 0 Å². The number of ether oxygens (including phenoxy) is 1. The molecule has 3 rings (SSSR count). The number of nitrogens with zero attached hydrogens (tertiary/aromatic N) is 2. The molecule has 2 aromatic rings. The third-order valence-corrected chi connectivity index (χ3v) is 4.12. The van der Waals surface area contributed by atoms with Gasteiger partial charge < -0.3 is 14.6 Å². The van der Waals surface area contributed by atoms with Crippen molar-refractivity contribution >= 4 is 5.91 Å². The average Bonchev–Trinajstić information content (AvgIpc) is 3.02. The summed E-state index contributed by atoms with van der Waals surface area (Å²) in [5.41, 5.74) is 1.04. The first-order valence-corrected chi connectivity index (χ1v) is 7.72. The van der Waals surface area contributed by atoms with Gasteiger partial charge in [0.2, 0.25) is 5.91 Å². The Morgan fingerprint density at radius 2 is 2.23 bits per heavy atom. The standard InChI is InChI=1S/C17H21N3O2/c1-13-15(8-5-11-22-13)17(21)19-12-16-18-9-10-20(16)14-6-3-2-4-7-14/h2-4,6-7,9-10,13,15H,5,8,11-12H2,1H3,(H,19,21)/t13-,15+/m0/s1. The molecule has 0 radical (unpaired) electrons. The third-order valence-electron chi connectivity index (χ3n) is 4.12. The first-order valence-electron chi connectivity index (χ1n) is 7.72. The quantitative estimate of drug-likeness (QED) is 0.942. The maximum absolute atomic E-state index is 12.3. The number of para-hydroxylation sites is 1. The number of carbonyl (C=O) groups is 1. The normalized spacial score (nSPS) is 21.5. The minimum absolute atomic E-state index is 0.0115. The molecule has 1 saturated heterocycles. The second-order valence-electron chi connectivity index (χ2n) is 5.59. The summed E-state index contributed by atoms with van der Waals surface area (Å²) in [4.78, 5) is 16.7. The van der Waals surface area contributed by atoms with Crippen molar-refractivity contribution in [1.82, 2.24) is 14.9 Å². The summed E-state index contributed by atoms with van der Waals surface area (Å²) >= 11 is 0. The highest BCUT2D eigenvalue weighted by Gasteiger charge is 2.28. The molecule has 1 aliphatic heterocycles. The van der Waals surface area contributed by atoms with Crippen molar-refractivity contribution < 1.29 is 9.53 Å². The van der Waals surface area contributed by atoms with Gasteiger partial charge in [0, 0.05) is 24.7 Å². The average molecular weight is 299 g/mol. The Morgan fingerprint density at radius 1 is 1.41 bits per heavy atom. The van der Waals surface area contributed by atoms with Crippen LogP contribution in [0.2, 0.25) is 0 Å². The van der Waals surface area contributed by atoms with Gasteiger partial charge in [-0.15, -0.1) is 0 Å². The molecule has 0 spiro atoms. The van der Waals surface area contributed by atoms with Gasteiger partial charge in [0.15, 0.2) is 0 Å². The van der Waals surface area contributed by atoms with E-state index in [1.54, 1.807) is 6.20 Å². The summed E-state index contributed by atoms with van der Waals surface area (Å²) in [7, 11) is 0. The molecule has 116 valence electrons. The second kappa shape index (κ2) is 6.75. The van der Waals surface area contributed by atoms with E-state index in [9.17, 15) is 4.79 Å². The number of imidazole rings is 1. The molecule has 1 aromatic carbocycles. The van der Waals surface area contributed by atoms with Gasteiger partial charge in [0.1, 0.15) is 5.82 Å². The predicted molar refractivity (Wildman–Crippen MR) is 83.5 cm³/mol. The van der Waals surface area contributed by atoms with Crippen LogP contribution in [0.15, 0.2) is 42.7 Å². The first-order chi connectivity index (χ1) is 10.8.